The summed E-state index contributed by atoms with van der Waals surface area (Å²) in [7, 11) is 0. The van der Waals surface area contributed by atoms with Gasteiger partial charge in [0.15, 0.2) is 0 Å². The van der Waals surface area contributed by atoms with Crippen molar-refractivity contribution in [3.05, 3.63) is 12.7 Å². The maximum absolute atomic E-state index is 8.92. The van der Waals surface area contributed by atoms with Crippen molar-refractivity contribution in [3.63, 3.8) is 0 Å². The third-order valence-corrected chi connectivity index (χ3v) is 2.55. The van der Waals surface area contributed by atoms with Crippen molar-refractivity contribution in [2.24, 2.45) is 5.92 Å². The van der Waals surface area contributed by atoms with E-state index in [4.69, 9.17) is 5.11 Å². The molecule has 0 amide bonds. The number of aliphatic hydroxyl groups excluding tert-OH is 1. The maximum atomic E-state index is 8.92. The molecule has 0 spiro atoms. The van der Waals surface area contributed by atoms with Crippen molar-refractivity contribution in [1.82, 2.24) is 5.32 Å². The predicted molar refractivity (Wildman–Crippen MR) is 62.4 cm³/mol. The summed E-state index contributed by atoms with van der Waals surface area (Å²) in [5.74, 6) is 0.577. The highest BCUT2D eigenvalue weighted by atomic mass is 16.3. The van der Waals surface area contributed by atoms with Gasteiger partial charge in [-0.3, -0.25) is 0 Å². The van der Waals surface area contributed by atoms with Gasteiger partial charge >= 0.3 is 0 Å². The summed E-state index contributed by atoms with van der Waals surface area (Å²) in [6.07, 6.45) is 4.97. The molecule has 0 aromatic rings. The number of aliphatic hydroxyl groups is 1. The monoisotopic (exact) mass is 199 g/mol. The first-order chi connectivity index (χ1) is 6.61. The molecule has 0 aromatic heterocycles. The standard InChI is InChI=1S/C12H25NO/c1-5-6-7-11(4)13-12(8-9-14)10(2)3/h5,10-14H,1,6-9H2,2-4H3. The molecule has 0 fully saturated rings. The first-order valence-electron chi connectivity index (χ1n) is 5.59. The van der Waals surface area contributed by atoms with E-state index < -0.39 is 0 Å². The molecule has 0 aliphatic rings. The van der Waals surface area contributed by atoms with Gasteiger partial charge in [0.2, 0.25) is 0 Å². The fourth-order valence-corrected chi connectivity index (χ4v) is 1.56. The maximum Gasteiger partial charge on any atom is 0.0445 e. The summed E-state index contributed by atoms with van der Waals surface area (Å²) in [6, 6.07) is 0.937. The molecule has 2 nitrogen and oxygen atoms in total. The van der Waals surface area contributed by atoms with Gasteiger partial charge < -0.3 is 10.4 Å². The molecule has 0 aliphatic heterocycles. The van der Waals surface area contributed by atoms with E-state index in [9.17, 15) is 0 Å². The lowest BCUT2D eigenvalue weighted by molar-refractivity contribution is 0.235. The van der Waals surface area contributed by atoms with E-state index in [1.54, 1.807) is 0 Å². The minimum Gasteiger partial charge on any atom is -0.396 e. The molecular weight excluding hydrogens is 174 g/mol. The topological polar surface area (TPSA) is 32.3 Å². The Labute approximate surface area is 88.4 Å². The number of allylic oxidation sites excluding steroid dienone is 1. The fraction of sp³-hybridized carbons (Fsp3) is 0.833. The molecule has 2 heteroatoms. The van der Waals surface area contributed by atoms with E-state index in [2.05, 4.69) is 32.7 Å². The normalized spacial score (nSPS) is 15.5. The van der Waals surface area contributed by atoms with Gasteiger partial charge in [-0.25, -0.2) is 0 Å². The van der Waals surface area contributed by atoms with Crippen LogP contribution in [0.25, 0.3) is 0 Å². The second-order valence-electron chi connectivity index (χ2n) is 4.30. The lowest BCUT2D eigenvalue weighted by atomic mass is 9.99. The van der Waals surface area contributed by atoms with Crippen LogP contribution in [-0.4, -0.2) is 23.8 Å². The molecule has 0 rings (SSSR count). The van der Waals surface area contributed by atoms with Crippen LogP contribution >= 0.6 is 0 Å². The third-order valence-electron chi connectivity index (χ3n) is 2.55. The molecule has 2 atom stereocenters. The van der Waals surface area contributed by atoms with Crippen molar-refractivity contribution in [2.45, 2.75) is 52.1 Å². The van der Waals surface area contributed by atoms with Crippen molar-refractivity contribution in [3.8, 4) is 0 Å². The molecule has 2 N–H and O–H groups in total. The van der Waals surface area contributed by atoms with E-state index >= 15 is 0 Å². The zero-order valence-corrected chi connectivity index (χ0v) is 9.79. The average molecular weight is 199 g/mol. The van der Waals surface area contributed by atoms with Crippen LogP contribution in [0.4, 0.5) is 0 Å². The van der Waals surface area contributed by atoms with E-state index in [-0.39, 0.29) is 6.61 Å². The number of hydrogen-bond acceptors (Lipinski definition) is 2. The number of nitrogens with one attached hydrogen (secondary N) is 1. The molecular formula is C12H25NO. The highest BCUT2D eigenvalue weighted by molar-refractivity contribution is 4.76. The van der Waals surface area contributed by atoms with E-state index in [0.29, 0.717) is 18.0 Å². The summed E-state index contributed by atoms with van der Waals surface area (Å²) < 4.78 is 0. The molecule has 0 heterocycles. The fourth-order valence-electron chi connectivity index (χ4n) is 1.56. The zero-order chi connectivity index (χ0) is 11.0. The van der Waals surface area contributed by atoms with Gasteiger partial charge in [0.05, 0.1) is 0 Å². The van der Waals surface area contributed by atoms with Gasteiger partial charge in [-0.2, -0.15) is 0 Å². The lowest BCUT2D eigenvalue weighted by Crippen LogP contribution is -2.40. The minimum absolute atomic E-state index is 0.268. The van der Waals surface area contributed by atoms with Gasteiger partial charge in [-0.15, -0.1) is 6.58 Å². The van der Waals surface area contributed by atoms with Crippen molar-refractivity contribution >= 4 is 0 Å². The summed E-state index contributed by atoms with van der Waals surface area (Å²) >= 11 is 0. The second kappa shape index (κ2) is 8.01. The van der Waals surface area contributed by atoms with E-state index in [1.807, 2.05) is 6.08 Å². The Morgan fingerprint density at radius 2 is 1.93 bits per heavy atom. The van der Waals surface area contributed by atoms with Crippen molar-refractivity contribution < 1.29 is 5.11 Å². The second-order valence-corrected chi connectivity index (χ2v) is 4.30. The van der Waals surface area contributed by atoms with Gasteiger partial charge in [0, 0.05) is 18.7 Å². The van der Waals surface area contributed by atoms with Crippen LogP contribution in [0.2, 0.25) is 0 Å². The lowest BCUT2D eigenvalue weighted by Gasteiger charge is -2.25. The largest absolute Gasteiger partial charge is 0.396 e. The molecule has 2 unspecified atom stereocenters. The highest BCUT2D eigenvalue weighted by Gasteiger charge is 2.14. The van der Waals surface area contributed by atoms with Gasteiger partial charge in [0.25, 0.3) is 0 Å². The molecule has 84 valence electrons. The zero-order valence-electron chi connectivity index (χ0n) is 9.79. The summed E-state index contributed by atoms with van der Waals surface area (Å²) in [4.78, 5) is 0. The molecule has 0 saturated heterocycles. The molecule has 0 aromatic carbocycles. The highest BCUT2D eigenvalue weighted by Crippen LogP contribution is 2.08. The average Bonchev–Trinajstić information content (AvgIpc) is 2.14. The molecule has 14 heavy (non-hydrogen) atoms. The molecule has 0 saturated carbocycles. The van der Waals surface area contributed by atoms with E-state index in [1.165, 1.54) is 0 Å². The molecule has 0 aliphatic carbocycles. The van der Waals surface area contributed by atoms with Crippen LogP contribution in [0.5, 0.6) is 0 Å². The summed E-state index contributed by atoms with van der Waals surface area (Å²) in [5, 5.41) is 12.5. The first-order valence-corrected chi connectivity index (χ1v) is 5.59. The van der Waals surface area contributed by atoms with Gasteiger partial charge in [0.1, 0.15) is 0 Å². The van der Waals surface area contributed by atoms with Crippen LogP contribution in [0.15, 0.2) is 12.7 Å². The van der Waals surface area contributed by atoms with Crippen molar-refractivity contribution in [2.75, 3.05) is 6.61 Å². The van der Waals surface area contributed by atoms with Crippen LogP contribution < -0.4 is 5.32 Å². The molecule has 0 radical (unpaired) electrons. The van der Waals surface area contributed by atoms with Crippen LogP contribution in [0.1, 0.15) is 40.0 Å². The summed E-state index contributed by atoms with van der Waals surface area (Å²) in [6.45, 7) is 10.6. The smallest absolute Gasteiger partial charge is 0.0445 e. The van der Waals surface area contributed by atoms with E-state index in [0.717, 1.165) is 19.3 Å². The third kappa shape index (κ3) is 6.17. The van der Waals surface area contributed by atoms with Gasteiger partial charge in [-0.1, -0.05) is 19.9 Å². The summed E-state index contributed by atoms with van der Waals surface area (Å²) in [5.41, 5.74) is 0. The van der Waals surface area contributed by atoms with Gasteiger partial charge in [-0.05, 0) is 32.1 Å². The van der Waals surface area contributed by atoms with Crippen LogP contribution in [0, 0.1) is 5.92 Å². The van der Waals surface area contributed by atoms with Crippen LogP contribution in [-0.2, 0) is 0 Å². The Kier molecular flexibility index (Phi) is 7.81. The predicted octanol–water partition coefficient (Wildman–Crippen LogP) is 2.34. The number of hydrogen-bond donors (Lipinski definition) is 2. The Morgan fingerprint density at radius 1 is 1.29 bits per heavy atom. The Hall–Kier alpha value is -0.340. The Balaban J connectivity index is 3.82. The Bertz CT molecular complexity index is 145. The quantitative estimate of drug-likeness (QED) is 0.588. The Morgan fingerprint density at radius 3 is 2.36 bits per heavy atom. The number of rotatable bonds is 8. The van der Waals surface area contributed by atoms with Crippen LogP contribution in [0.3, 0.4) is 0 Å². The molecule has 0 bridgehead atoms. The minimum atomic E-state index is 0.268. The van der Waals surface area contributed by atoms with Crippen molar-refractivity contribution in [1.29, 1.82) is 0 Å². The first kappa shape index (κ1) is 13.7. The SMILES string of the molecule is C=CCCC(C)NC(CCO)C(C)C.